The number of esters is 1. The number of hydrogen-bond acceptors (Lipinski definition) is 4. The lowest BCUT2D eigenvalue weighted by atomic mass is 9.87. The molecule has 16 heavy (non-hydrogen) atoms. The Kier molecular flexibility index (Phi) is 2.57. The molecule has 0 aromatic rings. The fourth-order valence-electron chi connectivity index (χ4n) is 2.49. The van der Waals surface area contributed by atoms with Gasteiger partial charge in [0, 0.05) is 0 Å². The number of hydrogen-bond donors (Lipinski definition) is 2. The van der Waals surface area contributed by atoms with Crippen molar-refractivity contribution in [3.63, 3.8) is 0 Å². The molecule has 1 spiro atoms. The summed E-state index contributed by atoms with van der Waals surface area (Å²) < 4.78 is 4.93. The summed E-state index contributed by atoms with van der Waals surface area (Å²) in [5.41, 5.74) is -1.07. The van der Waals surface area contributed by atoms with Crippen molar-refractivity contribution in [2.45, 2.75) is 31.7 Å². The maximum atomic E-state index is 11.7. The van der Waals surface area contributed by atoms with Gasteiger partial charge < -0.3 is 10.1 Å². The van der Waals surface area contributed by atoms with Gasteiger partial charge in [-0.15, -0.1) is 0 Å². The SMILES string of the molecule is CCOC(=O)C1CCCC12NC(=O)NC2=O. The largest absolute Gasteiger partial charge is 0.466 e. The second kappa shape index (κ2) is 3.77. The van der Waals surface area contributed by atoms with Crippen molar-refractivity contribution in [2.24, 2.45) is 5.92 Å². The summed E-state index contributed by atoms with van der Waals surface area (Å²) >= 11 is 0. The molecular weight excluding hydrogens is 212 g/mol. The number of nitrogens with one attached hydrogen (secondary N) is 2. The van der Waals surface area contributed by atoms with Crippen LogP contribution < -0.4 is 10.6 Å². The van der Waals surface area contributed by atoms with Crippen molar-refractivity contribution in [1.82, 2.24) is 10.6 Å². The molecule has 0 radical (unpaired) electrons. The molecule has 1 saturated carbocycles. The smallest absolute Gasteiger partial charge is 0.322 e. The molecule has 0 bridgehead atoms. The van der Waals surface area contributed by atoms with Gasteiger partial charge in [0.2, 0.25) is 0 Å². The highest BCUT2D eigenvalue weighted by molar-refractivity contribution is 6.09. The van der Waals surface area contributed by atoms with Gasteiger partial charge in [-0.25, -0.2) is 4.79 Å². The number of amides is 3. The van der Waals surface area contributed by atoms with E-state index in [1.165, 1.54) is 0 Å². The number of urea groups is 1. The minimum Gasteiger partial charge on any atom is -0.466 e. The highest BCUT2D eigenvalue weighted by Crippen LogP contribution is 2.38. The molecule has 0 aromatic carbocycles. The zero-order valence-corrected chi connectivity index (χ0v) is 9.04. The first-order valence-electron chi connectivity index (χ1n) is 5.40. The molecule has 1 aliphatic carbocycles. The summed E-state index contributed by atoms with van der Waals surface area (Å²) in [5, 5.41) is 4.75. The second-order valence-corrected chi connectivity index (χ2v) is 4.08. The first-order chi connectivity index (χ1) is 7.60. The first kappa shape index (κ1) is 10.9. The van der Waals surface area contributed by atoms with Crippen LogP contribution in [-0.4, -0.2) is 30.1 Å². The van der Waals surface area contributed by atoms with Gasteiger partial charge in [-0.1, -0.05) is 0 Å². The van der Waals surface area contributed by atoms with Crippen LogP contribution in [0.4, 0.5) is 4.79 Å². The number of carbonyl (C=O) groups excluding carboxylic acids is 3. The van der Waals surface area contributed by atoms with E-state index in [-0.39, 0.29) is 6.61 Å². The van der Waals surface area contributed by atoms with E-state index in [9.17, 15) is 14.4 Å². The topological polar surface area (TPSA) is 84.5 Å². The molecule has 2 fully saturated rings. The van der Waals surface area contributed by atoms with E-state index < -0.39 is 29.4 Å². The van der Waals surface area contributed by atoms with E-state index in [0.29, 0.717) is 12.8 Å². The second-order valence-electron chi connectivity index (χ2n) is 4.08. The first-order valence-corrected chi connectivity index (χ1v) is 5.40. The standard InChI is InChI=1S/C10H14N2O4/c1-2-16-7(13)6-4-3-5-10(6)8(14)11-9(15)12-10/h6H,2-5H2,1H3,(H2,11,12,14,15). The van der Waals surface area contributed by atoms with E-state index in [0.717, 1.165) is 6.42 Å². The lowest BCUT2D eigenvalue weighted by molar-refractivity contribution is -0.152. The molecule has 0 aromatic heterocycles. The van der Waals surface area contributed by atoms with Crippen molar-refractivity contribution in [2.75, 3.05) is 6.61 Å². The molecular formula is C10H14N2O4. The van der Waals surface area contributed by atoms with Gasteiger partial charge in [-0.3, -0.25) is 14.9 Å². The highest BCUT2D eigenvalue weighted by Gasteiger charge is 2.57. The third-order valence-electron chi connectivity index (χ3n) is 3.20. The lowest BCUT2D eigenvalue weighted by Gasteiger charge is -2.26. The van der Waals surface area contributed by atoms with Crippen molar-refractivity contribution >= 4 is 17.9 Å². The van der Waals surface area contributed by atoms with E-state index in [1.807, 2.05) is 0 Å². The lowest BCUT2D eigenvalue weighted by Crippen LogP contribution is -2.52. The quantitative estimate of drug-likeness (QED) is 0.510. The highest BCUT2D eigenvalue weighted by atomic mass is 16.5. The molecule has 6 nitrogen and oxygen atoms in total. The third kappa shape index (κ3) is 1.45. The van der Waals surface area contributed by atoms with Crippen LogP contribution in [0.2, 0.25) is 0 Å². The van der Waals surface area contributed by atoms with Gasteiger partial charge in [-0.2, -0.15) is 0 Å². The van der Waals surface area contributed by atoms with E-state index in [2.05, 4.69) is 10.6 Å². The van der Waals surface area contributed by atoms with Crippen LogP contribution in [0, 0.1) is 5.92 Å². The van der Waals surface area contributed by atoms with Crippen LogP contribution in [0.1, 0.15) is 26.2 Å². The zero-order chi connectivity index (χ0) is 11.8. The van der Waals surface area contributed by atoms with Crippen LogP contribution in [-0.2, 0) is 14.3 Å². The molecule has 2 aliphatic rings. The van der Waals surface area contributed by atoms with Crippen molar-refractivity contribution in [3.05, 3.63) is 0 Å². The predicted octanol–water partition coefficient (Wildman–Crippen LogP) is -0.0722. The molecule has 2 unspecified atom stereocenters. The van der Waals surface area contributed by atoms with Crippen LogP contribution in [0.25, 0.3) is 0 Å². The van der Waals surface area contributed by atoms with E-state index in [4.69, 9.17) is 4.74 Å². The average Bonchev–Trinajstić information content (AvgIpc) is 2.73. The normalized spacial score (nSPS) is 32.7. The fraction of sp³-hybridized carbons (Fsp3) is 0.700. The average molecular weight is 226 g/mol. The van der Waals surface area contributed by atoms with Crippen LogP contribution in [0.3, 0.4) is 0 Å². The van der Waals surface area contributed by atoms with Crippen LogP contribution in [0.15, 0.2) is 0 Å². The Hall–Kier alpha value is -1.59. The van der Waals surface area contributed by atoms with E-state index in [1.54, 1.807) is 6.92 Å². The molecule has 2 atom stereocenters. The fourth-order valence-corrected chi connectivity index (χ4v) is 2.49. The van der Waals surface area contributed by atoms with Gasteiger partial charge in [0.15, 0.2) is 0 Å². The summed E-state index contributed by atoms with van der Waals surface area (Å²) in [6.07, 6.45) is 1.80. The molecule has 1 saturated heterocycles. The number of rotatable bonds is 2. The Balaban J connectivity index is 2.23. The van der Waals surface area contributed by atoms with Crippen LogP contribution in [0.5, 0.6) is 0 Å². The molecule has 1 aliphatic heterocycles. The Labute approximate surface area is 92.7 Å². The van der Waals surface area contributed by atoms with Crippen LogP contribution >= 0.6 is 0 Å². The Morgan fingerprint density at radius 1 is 1.56 bits per heavy atom. The van der Waals surface area contributed by atoms with E-state index >= 15 is 0 Å². The van der Waals surface area contributed by atoms with Gasteiger partial charge in [0.25, 0.3) is 5.91 Å². The molecule has 1 heterocycles. The summed E-state index contributed by atoms with van der Waals surface area (Å²) in [5.74, 6) is -1.37. The maximum Gasteiger partial charge on any atom is 0.322 e. The molecule has 2 rings (SSSR count). The third-order valence-corrected chi connectivity index (χ3v) is 3.20. The molecule has 2 N–H and O–H groups in total. The minimum absolute atomic E-state index is 0.279. The molecule has 88 valence electrons. The number of imide groups is 1. The summed E-state index contributed by atoms with van der Waals surface area (Å²) in [4.78, 5) is 34.6. The number of carbonyl (C=O) groups is 3. The monoisotopic (exact) mass is 226 g/mol. The Bertz CT molecular complexity index is 355. The zero-order valence-electron chi connectivity index (χ0n) is 9.04. The van der Waals surface area contributed by atoms with Crippen molar-refractivity contribution in [1.29, 1.82) is 0 Å². The molecule has 3 amide bonds. The maximum absolute atomic E-state index is 11.7. The van der Waals surface area contributed by atoms with Gasteiger partial charge in [-0.05, 0) is 26.2 Å². The summed E-state index contributed by atoms with van der Waals surface area (Å²) in [6.45, 7) is 1.99. The predicted molar refractivity (Wildman–Crippen MR) is 53.4 cm³/mol. The van der Waals surface area contributed by atoms with Gasteiger partial charge in [0.05, 0.1) is 12.5 Å². The summed E-state index contributed by atoms with van der Waals surface area (Å²) in [7, 11) is 0. The number of ether oxygens (including phenoxy) is 1. The summed E-state index contributed by atoms with van der Waals surface area (Å²) in [6, 6.07) is -0.527. The van der Waals surface area contributed by atoms with Gasteiger partial charge in [0.1, 0.15) is 5.54 Å². The Morgan fingerprint density at radius 3 is 2.88 bits per heavy atom. The Morgan fingerprint density at radius 2 is 2.31 bits per heavy atom. The molecule has 6 heteroatoms. The van der Waals surface area contributed by atoms with Crippen molar-refractivity contribution in [3.8, 4) is 0 Å². The minimum atomic E-state index is -1.07. The van der Waals surface area contributed by atoms with Crippen molar-refractivity contribution < 1.29 is 19.1 Å². The van der Waals surface area contributed by atoms with Gasteiger partial charge >= 0.3 is 12.0 Å².